The summed E-state index contributed by atoms with van der Waals surface area (Å²) >= 11 is 0. The highest BCUT2D eigenvalue weighted by atomic mass is 14.7. The highest BCUT2D eigenvalue weighted by Crippen LogP contribution is 2.55. The number of rotatable bonds is 8. The SMILES string of the molecule is C=C(/C=C\C=N)C(=N)N.C=C/C=C(\C)CN.Cc1cccc(-c2ccc(C3(c4ccccc4)c4ccccc4-c4ccccc43)cc2)c1. The molecule has 0 unspecified atom stereocenters. The van der Waals surface area contributed by atoms with Gasteiger partial charge in [-0.05, 0) is 64.4 Å². The van der Waals surface area contributed by atoms with Crippen LogP contribution in [0.3, 0.4) is 0 Å². The summed E-state index contributed by atoms with van der Waals surface area (Å²) in [5.74, 6) is -0.0619. The molecule has 240 valence electrons. The summed E-state index contributed by atoms with van der Waals surface area (Å²) in [7, 11) is 0. The molecule has 0 amide bonds. The van der Waals surface area contributed by atoms with Crippen LogP contribution < -0.4 is 11.5 Å². The van der Waals surface area contributed by atoms with E-state index in [1.54, 1.807) is 6.08 Å². The molecule has 0 spiro atoms. The minimum atomic E-state index is -0.320. The van der Waals surface area contributed by atoms with Crippen molar-refractivity contribution < 1.29 is 0 Å². The van der Waals surface area contributed by atoms with E-state index in [-0.39, 0.29) is 11.3 Å². The number of benzene rings is 5. The van der Waals surface area contributed by atoms with Crippen LogP contribution in [0, 0.1) is 17.7 Å². The molecule has 0 atom stereocenters. The van der Waals surface area contributed by atoms with Crippen molar-refractivity contribution in [2.24, 2.45) is 11.5 Å². The van der Waals surface area contributed by atoms with Crippen molar-refractivity contribution in [3.63, 3.8) is 0 Å². The van der Waals surface area contributed by atoms with Crippen LogP contribution in [0.15, 0.2) is 176 Å². The van der Waals surface area contributed by atoms with Gasteiger partial charge in [0.1, 0.15) is 5.84 Å². The molecular formula is C44H44N4. The lowest BCUT2D eigenvalue weighted by molar-refractivity contribution is 0.768. The van der Waals surface area contributed by atoms with Crippen LogP contribution in [-0.4, -0.2) is 18.6 Å². The second kappa shape index (κ2) is 16.6. The summed E-state index contributed by atoms with van der Waals surface area (Å²) in [5, 5.41) is 13.4. The van der Waals surface area contributed by atoms with Gasteiger partial charge in [-0.25, -0.2) is 0 Å². The zero-order valence-electron chi connectivity index (χ0n) is 27.8. The zero-order valence-corrected chi connectivity index (χ0v) is 27.8. The van der Waals surface area contributed by atoms with Gasteiger partial charge in [-0.2, -0.15) is 0 Å². The van der Waals surface area contributed by atoms with Crippen LogP contribution in [0.25, 0.3) is 22.3 Å². The van der Waals surface area contributed by atoms with Gasteiger partial charge in [-0.15, -0.1) is 0 Å². The summed E-state index contributed by atoms with van der Waals surface area (Å²) in [4.78, 5) is 0. The maximum Gasteiger partial charge on any atom is 0.122 e. The maximum absolute atomic E-state index is 6.83. The topological polar surface area (TPSA) is 99.7 Å². The number of aryl methyl sites for hydroxylation is 1. The first-order chi connectivity index (χ1) is 23.3. The first-order valence-electron chi connectivity index (χ1n) is 15.9. The van der Waals surface area contributed by atoms with E-state index >= 15 is 0 Å². The van der Waals surface area contributed by atoms with Crippen molar-refractivity contribution in [1.82, 2.24) is 0 Å². The molecule has 48 heavy (non-hydrogen) atoms. The largest absolute Gasteiger partial charge is 0.384 e. The Morgan fingerprint density at radius 3 is 1.81 bits per heavy atom. The molecule has 6 rings (SSSR count). The van der Waals surface area contributed by atoms with Crippen LogP contribution >= 0.6 is 0 Å². The molecule has 4 heteroatoms. The van der Waals surface area contributed by atoms with Gasteiger partial charge in [0.15, 0.2) is 0 Å². The monoisotopic (exact) mass is 628 g/mol. The summed E-state index contributed by atoms with van der Waals surface area (Å²) in [6, 6.07) is 46.6. The Balaban J connectivity index is 0.000000272. The van der Waals surface area contributed by atoms with E-state index in [1.165, 1.54) is 62.2 Å². The molecule has 0 radical (unpaired) electrons. The first kappa shape index (κ1) is 35.0. The van der Waals surface area contributed by atoms with E-state index in [0.717, 1.165) is 11.8 Å². The molecular weight excluding hydrogens is 585 g/mol. The van der Waals surface area contributed by atoms with Crippen molar-refractivity contribution >= 4 is 12.1 Å². The van der Waals surface area contributed by atoms with E-state index in [2.05, 4.69) is 147 Å². The van der Waals surface area contributed by atoms with Crippen LogP contribution in [0.1, 0.15) is 34.7 Å². The summed E-state index contributed by atoms with van der Waals surface area (Å²) < 4.78 is 0. The standard InChI is InChI=1S/C32H24.C6H9N3.C6H11N/c1-23-10-9-11-25(22-23)24-18-20-27(21-19-24)32(26-12-3-2-4-13-26)30-16-7-5-14-28(30)29-15-6-8-17-31(29)32;1-5(6(8)9)3-2-4-7;1-3-4-6(2)5-7/h2-22H,1H3;2-4,7H,1H2,(H3,8,9);3-4H,1,5,7H2,2H3/b;3-2-,7-4?;6-4+. The maximum atomic E-state index is 6.83. The third kappa shape index (κ3) is 7.75. The Morgan fingerprint density at radius 2 is 1.31 bits per heavy atom. The number of allylic oxidation sites excluding steroid dienone is 3. The minimum absolute atomic E-state index is 0.0619. The lowest BCUT2D eigenvalue weighted by atomic mass is 9.67. The molecule has 0 bridgehead atoms. The minimum Gasteiger partial charge on any atom is -0.384 e. The molecule has 1 aliphatic rings. The fourth-order valence-corrected chi connectivity index (χ4v) is 5.97. The van der Waals surface area contributed by atoms with E-state index in [1.807, 2.05) is 13.0 Å². The van der Waals surface area contributed by atoms with Gasteiger partial charge in [0.25, 0.3) is 0 Å². The molecule has 0 aromatic heterocycles. The van der Waals surface area contributed by atoms with E-state index in [4.69, 9.17) is 22.3 Å². The normalized spacial score (nSPS) is 12.4. The number of hydrogen-bond donors (Lipinski definition) is 4. The smallest absolute Gasteiger partial charge is 0.122 e. The van der Waals surface area contributed by atoms with E-state index in [9.17, 15) is 0 Å². The highest BCUT2D eigenvalue weighted by Gasteiger charge is 2.45. The predicted molar refractivity (Wildman–Crippen MR) is 206 cm³/mol. The summed E-state index contributed by atoms with van der Waals surface area (Å²) in [6.45, 7) is 11.7. The van der Waals surface area contributed by atoms with Crippen molar-refractivity contribution in [3.8, 4) is 22.3 Å². The molecule has 0 saturated heterocycles. The van der Waals surface area contributed by atoms with Gasteiger partial charge in [-0.3, -0.25) is 5.41 Å². The zero-order chi connectivity index (χ0) is 34.5. The summed E-state index contributed by atoms with van der Waals surface area (Å²) in [6.07, 6.45) is 7.72. The van der Waals surface area contributed by atoms with Crippen molar-refractivity contribution in [3.05, 3.63) is 204 Å². The number of hydrogen-bond acceptors (Lipinski definition) is 3. The van der Waals surface area contributed by atoms with Crippen molar-refractivity contribution in [2.75, 3.05) is 6.54 Å². The number of amidine groups is 1. The molecule has 0 fully saturated rings. The Labute approximate surface area is 285 Å². The van der Waals surface area contributed by atoms with Gasteiger partial charge in [0.05, 0.1) is 5.41 Å². The Morgan fingerprint density at radius 1 is 0.750 bits per heavy atom. The highest BCUT2D eigenvalue weighted by molar-refractivity contribution is 5.97. The van der Waals surface area contributed by atoms with Gasteiger partial charge < -0.3 is 16.9 Å². The third-order valence-electron chi connectivity index (χ3n) is 8.29. The van der Waals surface area contributed by atoms with Crippen molar-refractivity contribution in [2.45, 2.75) is 19.3 Å². The number of nitrogens with two attached hydrogens (primary N) is 2. The Kier molecular flexibility index (Phi) is 12.1. The average molecular weight is 629 g/mol. The van der Waals surface area contributed by atoms with Crippen molar-refractivity contribution in [1.29, 1.82) is 10.8 Å². The third-order valence-corrected chi connectivity index (χ3v) is 8.29. The number of fused-ring (bicyclic) bond motifs is 3. The van der Waals surface area contributed by atoms with Crippen LogP contribution in [0.2, 0.25) is 0 Å². The lowest BCUT2D eigenvalue weighted by Gasteiger charge is -2.34. The van der Waals surface area contributed by atoms with E-state index in [0.29, 0.717) is 12.1 Å². The van der Waals surface area contributed by atoms with E-state index < -0.39 is 0 Å². The van der Waals surface area contributed by atoms with Gasteiger partial charge in [-0.1, -0.05) is 170 Å². The fraction of sp³-hybridized carbons (Fsp3) is 0.0909. The quantitative estimate of drug-likeness (QED) is 0.0766. The molecule has 5 aromatic rings. The Hall–Kier alpha value is -5.84. The average Bonchev–Trinajstić information content (AvgIpc) is 3.43. The molecule has 6 N–H and O–H groups in total. The molecule has 4 nitrogen and oxygen atoms in total. The molecule has 0 heterocycles. The molecule has 5 aromatic carbocycles. The Bertz CT molecular complexity index is 1900. The molecule has 1 aliphatic carbocycles. The van der Waals surface area contributed by atoms with Crippen LogP contribution in [0.5, 0.6) is 0 Å². The second-order valence-electron chi connectivity index (χ2n) is 11.6. The fourth-order valence-electron chi connectivity index (χ4n) is 5.97. The van der Waals surface area contributed by atoms with Crippen LogP contribution in [-0.2, 0) is 5.41 Å². The predicted octanol–water partition coefficient (Wildman–Crippen LogP) is 9.79. The van der Waals surface area contributed by atoms with Gasteiger partial charge in [0.2, 0.25) is 0 Å². The molecule has 0 saturated carbocycles. The summed E-state index contributed by atoms with van der Waals surface area (Å²) in [5.41, 5.74) is 23.3. The molecule has 0 aliphatic heterocycles. The number of nitrogens with one attached hydrogen (secondary N) is 2. The second-order valence-corrected chi connectivity index (χ2v) is 11.6. The van der Waals surface area contributed by atoms with Crippen LogP contribution in [0.4, 0.5) is 0 Å². The van der Waals surface area contributed by atoms with Gasteiger partial charge in [0, 0.05) is 18.3 Å². The first-order valence-corrected chi connectivity index (χ1v) is 15.9. The lowest BCUT2D eigenvalue weighted by Crippen LogP contribution is -2.28. The van der Waals surface area contributed by atoms with Gasteiger partial charge >= 0.3 is 0 Å².